The van der Waals surface area contributed by atoms with Crippen LogP contribution in [-0.4, -0.2) is 5.16 Å². The molecule has 0 aliphatic rings. The average molecular weight is 224 g/mol. The van der Waals surface area contributed by atoms with Gasteiger partial charge in [-0.25, -0.2) is 8.78 Å². The largest absolute Gasteiger partial charge is 0.359 e. The van der Waals surface area contributed by atoms with Gasteiger partial charge in [-0.1, -0.05) is 5.16 Å². The smallest absolute Gasteiger partial charge is 0.153 e. The zero-order valence-electron chi connectivity index (χ0n) is 8.58. The van der Waals surface area contributed by atoms with E-state index >= 15 is 0 Å². The minimum absolute atomic E-state index is 0.0654. The molecule has 0 bridgehead atoms. The zero-order valence-corrected chi connectivity index (χ0v) is 8.58. The summed E-state index contributed by atoms with van der Waals surface area (Å²) in [6, 6.07) is 4.33. The van der Waals surface area contributed by atoms with Gasteiger partial charge < -0.3 is 10.3 Å². The van der Waals surface area contributed by atoms with Gasteiger partial charge in [0, 0.05) is 11.6 Å². The van der Waals surface area contributed by atoms with Gasteiger partial charge in [0.05, 0.1) is 6.04 Å². The van der Waals surface area contributed by atoms with E-state index in [2.05, 4.69) is 5.16 Å². The van der Waals surface area contributed by atoms with Gasteiger partial charge in [0.1, 0.15) is 17.3 Å². The molecule has 0 saturated carbocycles. The van der Waals surface area contributed by atoms with Gasteiger partial charge in [-0.3, -0.25) is 0 Å². The van der Waals surface area contributed by atoms with Crippen molar-refractivity contribution in [3.05, 3.63) is 41.7 Å². The number of halogens is 2. The number of aromatic nitrogens is 1. The second kappa shape index (κ2) is 4.02. The van der Waals surface area contributed by atoms with Gasteiger partial charge in [-0.05, 0) is 25.1 Å². The highest BCUT2D eigenvalue weighted by Gasteiger charge is 2.13. The third-order valence-corrected chi connectivity index (χ3v) is 2.18. The Morgan fingerprint density at radius 2 is 2.06 bits per heavy atom. The van der Waals surface area contributed by atoms with E-state index in [4.69, 9.17) is 10.3 Å². The van der Waals surface area contributed by atoms with Gasteiger partial charge in [0.25, 0.3) is 0 Å². The average Bonchev–Trinajstić information content (AvgIpc) is 2.70. The van der Waals surface area contributed by atoms with Crippen molar-refractivity contribution < 1.29 is 13.3 Å². The molecule has 1 unspecified atom stereocenters. The fourth-order valence-corrected chi connectivity index (χ4v) is 1.32. The molecule has 0 saturated heterocycles. The van der Waals surface area contributed by atoms with Crippen molar-refractivity contribution in [1.82, 2.24) is 5.16 Å². The van der Waals surface area contributed by atoms with E-state index in [1.54, 1.807) is 6.92 Å². The number of hydrogen-bond donors (Lipinski definition) is 1. The lowest BCUT2D eigenvalue weighted by molar-refractivity contribution is 0.369. The summed E-state index contributed by atoms with van der Waals surface area (Å²) in [6.07, 6.45) is 0. The molecule has 16 heavy (non-hydrogen) atoms. The van der Waals surface area contributed by atoms with Crippen LogP contribution < -0.4 is 5.73 Å². The monoisotopic (exact) mass is 224 g/mol. The molecular weight excluding hydrogens is 214 g/mol. The van der Waals surface area contributed by atoms with Crippen LogP contribution in [0.5, 0.6) is 0 Å². The van der Waals surface area contributed by atoms with E-state index in [9.17, 15) is 8.78 Å². The van der Waals surface area contributed by atoms with E-state index in [0.29, 0.717) is 5.76 Å². The molecule has 0 radical (unpaired) electrons. The summed E-state index contributed by atoms with van der Waals surface area (Å²) in [6.45, 7) is 1.71. The lowest BCUT2D eigenvalue weighted by atomic mass is 10.1. The summed E-state index contributed by atoms with van der Waals surface area (Å²) < 4.78 is 31.2. The van der Waals surface area contributed by atoms with Crippen molar-refractivity contribution in [2.45, 2.75) is 13.0 Å². The summed E-state index contributed by atoms with van der Waals surface area (Å²) in [5.41, 5.74) is 5.88. The van der Waals surface area contributed by atoms with Crippen molar-refractivity contribution in [3.8, 4) is 11.3 Å². The molecule has 0 aliphatic carbocycles. The fourth-order valence-electron chi connectivity index (χ4n) is 1.32. The zero-order chi connectivity index (χ0) is 11.7. The van der Waals surface area contributed by atoms with Crippen LogP contribution in [-0.2, 0) is 0 Å². The molecule has 5 heteroatoms. The first-order chi connectivity index (χ1) is 7.58. The molecule has 0 spiro atoms. The molecular formula is C11H10F2N2O. The normalized spacial score (nSPS) is 12.8. The molecule has 0 aliphatic heterocycles. The maximum atomic E-state index is 13.4. The Morgan fingerprint density at radius 3 is 2.69 bits per heavy atom. The van der Waals surface area contributed by atoms with Gasteiger partial charge in [-0.15, -0.1) is 0 Å². The predicted molar refractivity (Wildman–Crippen MR) is 54.5 cm³/mol. The standard InChI is InChI=1S/C11H10F2N2O/c1-6(14)11-5-10(15-16-11)8-4-7(12)2-3-9(8)13/h2-6H,14H2,1H3. The minimum atomic E-state index is -0.550. The summed E-state index contributed by atoms with van der Waals surface area (Å²) in [5, 5.41) is 3.65. The third kappa shape index (κ3) is 1.94. The molecule has 2 N–H and O–H groups in total. The van der Waals surface area contributed by atoms with E-state index in [1.807, 2.05) is 0 Å². The molecule has 3 nitrogen and oxygen atoms in total. The van der Waals surface area contributed by atoms with E-state index in [-0.39, 0.29) is 17.3 Å². The first-order valence-electron chi connectivity index (χ1n) is 4.75. The van der Waals surface area contributed by atoms with E-state index < -0.39 is 11.6 Å². The van der Waals surface area contributed by atoms with Crippen LogP contribution in [0, 0.1) is 11.6 Å². The van der Waals surface area contributed by atoms with E-state index in [1.165, 1.54) is 6.07 Å². The van der Waals surface area contributed by atoms with Crippen molar-refractivity contribution in [3.63, 3.8) is 0 Å². The molecule has 0 fully saturated rings. The summed E-state index contributed by atoms with van der Waals surface area (Å²) in [5.74, 6) is -0.647. The van der Waals surface area contributed by atoms with Crippen LogP contribution in [0.25, 0.3) is 11.3 Å². The Balaban J connectivity index is 2.46. The van der Waals surface area contributed by atoms with Gasteiger partial charge >= 0.3 is 0 Å². The third-order valence-electron chi connectivity index (χ3n) is 2.18. The van der Waals surface area contributed by atoms with Crippen LogP contribution in [0.2, 0.25) is 0 Å². The predicted octanol–water partition coefficient (Wildman–Crippen LogP) is 2.64. The molecule has 2 rings (SSSR count). The van der Waals surface area contributed by atoms with Crippen LogP contribution in [0.4, 0.5) is 8.78 Å². The highest BCUT2D eigenvalue weighted by atomic mass is 19.1. The Morgan fingerprint density at radius 1 is 1.31 bits per heavy atom. The lowest BCUT2D eigenvalue weighted by Gasteiger charge is -1.98. The van der Waals surface area contributed by atoms with Crippen molar-refractivity contribution in [2.75, 3.05) is 0 Å². The Bertz CT molecular complexity index is 508. The quantitative estimate of drug-likeness (QED) is 0.853. The second-order valence-corrected chi connectivity index (χ2v) is 3.53. The molecule has 0 amide bonds. The highest BCUT2D eigenvalue weighted by Crippen LogP contribution is 2.24. The highest BCUT2D eigenvalue weighted by molar-refractivity contribution is 5.59. The van der Waals surface area contributed by atoms with Crippen LogP contribution in [0.3, 0.4) is 0 Å². The van der Waals surface area contributed by atoms with Gasteiger partial charge in [-0.2, -0.15) is 0 Å². The van der Waals surface area contributed by atoms with Crippen molar-refractivity contribution in [2.24, 2.45) is 5.73 Å². The number of nitrogens with zero attached hydrogens (tertiary/aromatic N) is 1. The summed E-state index contributed by atoms with van der Waals surface area (Å²) in [7, 11) is 0. The van der Waals surface area contributed by atoms with Crippen LogP contribution in [0.15, 0.2) is 28.8 Å². The number of rotatable bonds is 2. The molecule has 84 valence electrons. The van der Waals surface area contributed by atoms with Crippen molar-refractivity contribution in [1.29, 1.82) is 0 Å². The maximum absolute atomic E-state index is 13.4. The minimum Gasteiger partial charge on any atom is -0.359 e. The SMILES string of the molecule is CC(N)c1cc(-c2cc(F)ccc2F)no1. The Hall–Kier alpha value is -1.75. The molecule has 2 aromatic rings. The number of hydrogen-bond acceptors (Lipinski definition) is 3. The summed E-state index contributed by atoms with van der Waals surface area (Å²) >= 11 is 0. The molecule has 1 aromatic heterocycles. The van der Waals surface area contributed by atoms with E-state index in [0.717, 1.165) is 18.2 Å². The number of nitrogens with two attached hydrogens (primary N) is 1. The summed E-state index contributed by atoms with van der Waals surface area (Å²) in [4.78, 5) is 0. The van der Waals surface area contributed by atoms with Crippen molar-refractivity contribution >= 4 is 0 Å². The Kier molecular flexibility index (Phi) is 2.70. The molecule has 1 atom stereocenters. The molecule has 1 aromatic carbocycles. The maximum Gasteiger partial charge on any atom is 0.153 e. The Labute approximate surface area is 90.9 Å². The lowest BCUT2D eigenvalue weighted by Crippen LogP contribution is -2.02. The fraction of sp³-hybridized carbons (Fsp3) is 0.182. The van der Waals surface area contributed by atoms with Crippen LogP contribution >= 0.6 is 0 Å². The first-order valence-corrected chi connectivity index (χ1v) is 4.75. The first kappa shape index (κ1) is 10.8. The topological polar surface area (TPSA) is 52.0 Å². The van der Waals surface area contributed by atoms with Crippen LogP contribution in [0.1, 0.15) is 18.7 Å². The van der Waals surface area contributed by atoms with Gasteiger partial charge in [0.15, 0.2) is 5.76 Å². The number of benzene rings is 1. The van der Waals surface area contributed by atoms with Gasteiger partial charge in [0.2, 0.25) is 0 Å². The molecule has 1 heterocycles. The second-order valence-electron chi connectivity index (χ2n) is 3.53.